The second-order valence-corrected chi connectivity index (χ2v) is 6.41. The first-order valence-electron chi connectivity index (χ1n) is 9.17. The Bertz CT molecular complexity index is 789. The van der Waals surface area contributed by atoms with Gasteiger partial charge in [-0.05, 0) is 31.5 Å². The summed E-state index contributed by atoms with van der Waals surface area (Å²) in [4.78, 5) is 24.4. The van der Waals surface area contributed by atoms with Crippen LogP contribution in [0, 0.1) is 0 Å². The molecule has 1 saturated heterocycles. The number of aromatic nitrogens is 4. The van der Waals surface area contributed by atoms with Crippen LogP contribution in [0.25, 0.3) is 0 Å². The van der Waals surface area contributed by atoms with Gasteiger partial charge in [-0.3, -0.25) is 4.90 Å². The van der Waals surface area contributed by atoms with Gasteiger partial charge >= 0.3 is 5.69 Å². The predicted molar refractivity (Wildman–Crippen MR) is 101 cm³/mol. The first-order valence-corrected chi connectivity index (χ1v) is 9.17. The summed E-state index contributed by atoms with van der Waals surface area (Å²) in [7, 11) is 3.24. The highest BCUT2D eigenvalue weighted by molar-refractivity contribution is 5.52. The van der Waals surface area contributed by atoms with Gasteiger partial charge < -0.3 is 14.4 Å². The van der Waals surface area contributed by atoms with Crippen molar-refractivity contribution in [2.24, 2.45) is 7.05 Å². The van der Waals surface area contributed by atoms with Gasteiger partial charge in [-0.2, -0.15) is 10.1 Å². The lowest BCUT2D eigenvalue weighted by molar-refractivity contribution is 0.234. The Morgan fingerprint density at radius 2 is 2.00 bits per heavy atom. The minimum atomic E-state index is -0.407. The number of methoxy groups -OCH3 is 1. The number of anilines is 1. The Labute approximate surface area is 158 Å². The van der Waals surface area contributed by atoms with Crippen LogP contribution in [0.2, 0.25) is 0 Å². The van der Waals surface area contributed by atoms with E-state index in [9.17, 15) is 4.79 Å². The minimum absolute atomic E-state index is 0.288. The summed E-state index contributed by atoms with van der Waals surface area (Å²) in [5, 5.41) is 3.89. The normalized spacial score (nSPS) is 15.0. The van der Waals surface area contributed by atoms with E-state index in [1.165, 1.54) is 10.9 Å². The SMILES string of the molecule is COc1cccnc1N1CCN(CCCCOc2cnn(C)c(=O)n2)CC1. The molecule has 3 heterocycles. The smallest absolute Gasteiger partial charge is 0.366 e. The monoisotopic (exact) mass is 374 g/mol. The molecule has 2 aromatic heterocycles. The summed E-state index contributed by atoms with van der Waals surface area (Å²) >= 11 is 0. The zero-order chi connectivity index (χ0) is 19.1. The van der Waals surface area contributed by atoms with Crippen LogP contribution in [-0.2, 0) is 7.05 Å². The summed E-state index contributed by atoms with van der Waals surface area (Å²) in [6.45, 7) is 5.44. The Kier molecular flexibility index (Phi) is 6.59. The van der Waals surface area contributed by atoms with Crippen molar-refractivity contribution < 1.29 is 9.47 Å². The van der Waals surface area contributed by atoms with Gasteiger partial charge in [-0.1, -0.05) is 0 Å². The van der Waals surface area contributed by atoms with E-state index in [2.05, 4.69) is 24.9 Å². The quantitative estimate of drug-likeness (QED) is 0.620. The van der Waals surface area contributed by atoms with E-state index >= 15 is 0 Å². The van der Waals surface area contributed by atoms with Gasteiger partial charge in [0.25, 0.3) is 0 Å². The maximum Gasteiger partial charge on any atom is 0.366 e. The third-order valence-electron chi connectivity index (χ3n) is 4.59. The van der Waals surface area contributed by atoms with E-state index in [-0.39, 0.29) is 5.88 Å². The number of hydrogen-bond acceptors (Lipinski definition) is 8. The molecule has 1 aliphatic rings. The largest absolute Gasteiger partial charge is 0.493 e. The number of nitrogens with zero attached hydrogens (tertiary/aromatic N) is 6. The van der Waals surface area contributed by atoms with Crippen LogP contribution in [0.15, 0.2) is 29.3 Å². The van der Waals surface area contributed by atoms with Gasteiger partial charge in [0.1, 0.15) is 6.20 Å². The molecule has 27 heavy (non-hydrogen) atoms. The van der Waals surface area contributed by atoms with Crippen LogP contribution in [0.4, 0.5) is 5.82 Å². The molecule has 0 bridgehead atoms. The molecular formula is C18H26N6O3. The van der Waals surface area contributed by atoms with Crippen molar-refractivity contribution in [3.05, 3.63) is 35.0 Å². The zero-order valence-corrected chi connectivity index (χ0v) is 15.9. The molecule has 1 aliphatic heterocycles. The number of unbranched alkanes of at least 4 members (excludes halogenated alkanes) is 1. The van der Waals surface area contributed by atoms with E-state index in [1.54, 1.807) is 20.4 Å². The highest BCUT2D eigenvalue weighted by Crippen LogP contribution is 2.25. The van der Waals surface area contributed by atoms with Crippen molar-refractivity contribution in [1.82, 2.24) is 24.6 Å². The van der Waals surface area contributed by atoms with Gasteiger partial charge in [0, 0.05) is 39.4 Å². The standard InChI is InChI=1S/C18H26N6O3/c1-22-18(25)21-16(14-20-22)27-13-4-3-8-23-9-11-24(12-10-23)17-15(26-2)6-5-7-19-17/h5-7,14H,3-4,8-13H2,1-2H3. The van der Waals surface area contributed by atoms with Crippen LogP contribution in [0.1, 0.15) is 12.8 Å². The van der Waals surface area contributed by atoms with Crippen LogP contribution in [0.5, 0.6) is 11.6 Å². The Balaban J connectivity index is 1.35. The lowest BCUT2D eigenvalue weighted by Gasteiger charge is -2.35. The molecule has 0 atom stereocenters. The van der Waals surface area contributed by atoms with Gasteiger partial charge in [-0.25, -0.2) is 14.5 Å². The number of piperazine rings is 1. The fourth-order valence-electron chi connectivity index (χ4n) is 3.03. The van der Waals surface area contributed by atoms with Crippen molar-refractivity contribution in [1.29, 1.82) is 0 Å². The van der Waals surface area contributed by atoms with Gasteiger partial charge in [0.2, 0.25) is 5.88 Å². The van der Waals surface area contributed by atoms with Gasteiger partial charge in [-0.15, -0.1) is 0 Å². The fourth-order valence-corrected chi connectivity index (χ4v) is 3.03. The summed E-state index contributed by atoms with van der Waals surface area (Å²) in [5.74, 6) is 2.03. The van der Waals surface area contributed by atoms with Crippen molar-refractivity contribution in [3.8, 4) is 11.6 Å². The Morgan fingerprint density at radius 3 is 2.74 bits per heavy atom. The maximum atomic E-state index is 11.4. The lowest BCUT2D eigenvalue weighted by atomic mass is 10.2. The Morgan fingerprint density at radius 1 is 1.19 bits per heavy atom. The van der Waals surface area contributed by atoms with Crippen molar-refractivity contribution >= 4 is 5.82 Å². The average molecular weight is 374 g/mol. The van der Waals surface area contributed by atoms with E-state index in [4.69, 9.17) is 9.47 Å². The predicted octanol–water partition coefficient (Wildman–Crippen LogP) is 0.560. The number of rotatable bonds is 8. The number of hydrogen-bond donors (Lipinski definition) is 0. The molecule has 3 rings (SSSR count). The number of aryl methyl sites for hydroxylation is 1. The van der Waals surface area contributed by atoms with Crippen LogP contribution in [-0.4, -0.2) is 71.1 Å². The molecule has 0 aliphatic carbocycles. The first kappa shape index (κ1) is 19.1. The second kappa shape index (κ2) is 9.31. The molecule has 0 spiro atoms. The van der Waals surface area contributed by atoms with Crippen LogP contribution >= 0.6 is 0 Å². The van der Waals surface area contributed by atoms with Crippen molar-refractivity contribution in [2.75, 3.05) is 51.3 Å². The number of ether oxygens (including phenoxy) is 2. The molecule has 2 aromatic rings. The summed E-state index contributed by atoms with van der Waals surface area (Å²) in [5.41, 5.74) is -0.407. The van der Waals surface area contributed by atoms with E-state index in [0.717, 1.165) is 57.1 Å². The molecule has 0 N–H and O–H groups in total. The van der Waals surface area contributed by atoms with Crippen molar-refractivity contribution in [3.63, 3.8) is 0 Å². The minimum Gasteiger partial charge on any atom is -0.493 e. The maximum absolute atomic E-state index is 11.4. The topological polar surface area (TPSA) is 85.6 Å². The molecule has 1 fully saturated rings. The number of pyridine rings is 1. The van der Waals surface area contributed by atoms with E-state index in [1.807, 2.05) is 12.1 Å². The van der Waals surface area contributed by atoms with E-state index < -0.39 is 5.69 Å². The van der Waals surface area contributed by atoms with Crippen LogP contribution in [0.3, 0.4) is 0 Å². The van der Waals surface area contributed by atoms with Crippen molar-refractivity contribution in [2.45, 2.75) is 12.8 Å². The molecular weight excluding hydrogens is 348 g/mol. The summed E-state index contributed by atoms with van der Waals surface area (Å²) in [6, 6.07) is 3.83. The van der Waals surface area contributed by atoms with Gasteiger partial charge in [0.05, 0.1) is 13.7 Å². The lowest BCUT2D eigenvalue weighted by Crippen LogP contribution is -2.47. The molecule has 0 saturated carbocycles. The van der Waals surface area contributed by atoms with Gasteiger partial charge in [0.15, 0.2) is 11.6 Å². The first-order chi connectivity index (χ1) is 13.2. The molecule has 146 valence electrons. The highest BCUT2D eigenvalue weighted by atomic mass is 16.5. The summed E-state index contributed by atoms with van der Waals surface area (Å²) < 4.78 is 12.1. The third-order valence-corrected chi connectivity index (χ3v) is 4.59. The Hall–Kier alpha value is -2.68. The fraction of sp³-hybridized carbons (Fsp3) is 0.556. The molecule has 0 radical (unpaired) electrons. The zero-order valence-electron chi connectivity index (χ0n) is 15.9. The molecule has 0 aromatic carbocycles. The summed E-state index contributed by atoms with van der Waals surface area (Å²) in [6.07, 6.45) is 5.21. The molecule has 0 unspecified atom stereocenters. The third kappa shape index (κ3) is 5.16. The highest BCUT2D eigenvalue weighted by Gasteiger charge is 2.20. The van der Waals surface area contributed by atoms with E-state index in [0.29, 0.717) is 6.61 Å². The average Bonchev–Trinajstić information content (AvgIpc) is 2.71. The second-order valence-electron chi connectivity index (χ2n) is 6.41. The molecule has 9 heteroatoms. The molecule has 0 amide bonds. The van der Waals surface area contributed by atoms with Crippen LogP contribution < -0.4 is 20.1 Å². The molecule has 9 nitrogen and oxygen atoms in total.